The topological polar surface area (TPSA) is 99.1 Å². The Morgan fingerprint density at radius 3 is 1.58 bits per heavy atom. The summed E-state index contributed by atoms with van der Waals surface area (Å²) in [5.41, 5.74) is 0. The largest absolute Gasteiger partial charge is 0.477 e. The third-order valence-electron chi connectivity index (χ3n) is 8.55. The zero-order valence-corrected chi connectivity index (χ0v) is 36.0. The minimum atomic E-state index is -0.893. The summed E-state index contributed by atoms with van der Waals surface area (Å²) in [7, 11) is 5.48. The number of likely N-dealkylation sites (N-methyl/N-ethyl adjacent to an activating group) is 1. The molecule has 8 heteroatoms. The second-order valence-electron chi connectivity index (χ2n) is 14.7. The van der Waals surface area contributed by atoms with Crippen LogP contribution in [-0.4, -0.2) is 80.6 Å². The molecule has 318 valence electrons. The van der Waals surface area contributed by atoms with Crippen molar-refractivity contribution in [3.8, 4) is 0 Å². The van der Waals surface area contributed by atoms with Gasteiger partial charge >= 0.3 is 17.9 Å². The molecule has 0 rings (SSSR count). The van der Waals surface area contributed by atoms with E-state index < -0.39 is 18.1 Å². The number of rotatable bonds is 35. The molecular weight excluding hydrogens is 715 g/mol. The molecule has 0 aliphatic carbocycles. The predicted molar refractivity (Wildman–Crippen MR) is 238 cm³/mol. The maximum absolute atomic E-state index is 12.7. The molecular formula is C49H76NO7+. The van der Waals surface area contributed by atoms with Gasteiger partial charge in [-0.2, -0.15) is 0 Å². The second kappa shape index (κ2) is 38.6. The van der Waals surface area contributed by atoms with Gasteiger partial charge in [0.2, 0.25) is 0 Å². The monoisotopic (exact) mass is 791 g/mol. The van der Waals surface area contributed by atoms with E-state index in [2.05, 4.69) is 62.5 Å². The van der Waals surface area contributed by atoms with Crippen LogP contribution >= 0.6 is 0 Å². The average Bonchev–Trinajstić information content (AvgIpc) is 3.17. The van der Waals surface area contributed by atoms with Gasteiger partial charge in [-0.3, -0.25) is 9.59 Å². The molecule has 0 saturated heterocycles. The molecule has 57 heavy (non-hydrogen) atoms. The van der Waals surface area contributed by atoms with Gasteiger partial charge in [-0.15, -0.1) is 0 Å². The van der Waals surface area contributed by atoms with Crippen LogP contribution in [0.25, 0.3) is 0 Å². The van der Waals surface area contributed by atoms with E-state index in [0.717, 1.165) is 77.0 Å². The van der Waals surface area contributed by atoms with Crippen LogP contribution in [0, 0.1) is 0 Å². The van der Waals surface area contributed by atoms with E-state index in [4.69, 9.17) is 14.2 Å². The fourth-order valence-corrected chi connectivity index (χ4v) is 5.32. The van der Waals surface area contributed by atoms with Crippen molar-refractivity contribution >= 4 is 17.9 Å². The Bertz CT molecular complexity index is 1340. The van der Waals surface area contributed by atoms with Crippen molar-refractivity contribution < 1.29 is 38.2 Å². The van der Waals surface area contributed by atoms with Crippen LogP contribution < -0.4 is 0 Å². The summed E-state index contributed by atoms with van der Waals surface area (Å²) < 4.78 is 17.2. The molecule has 0 radical (unpaired) electrons. The standard InChI is InChI=1S/C49H75NO7/c1-6-8-10-12-14-16-18-20-22-23-24-25-26-28-29-31-33-35-37-39-47(51)56-44-45(43-55-42-41-46(49(53)54)50(3,4)5)57-48(52)40-38-36-34-32-30-27-21-19-17-15-13-11-9-7-2/h8-12,14-18,20-29,45-46H,6-7,13,19,30-44H2,1-5H3/p+1/b10-8+,11-9+,14-12+,17-15+,18-16+,22-20+,24-23+,26-25+,27-21+,29-28+. The Labute approximate surface area is 346 Å². The molecule has 1 N–H and O–H groups in total. The minimum Gasteiger partial charge on any atom is -0.477 e. The molecule has 2 unspecified atom stereocenters. The molecule has 0 spiro atoms. The van der Waals surface area contributed by atoms with Gasteiger partial charge in [0.25, 0.3) is 0 Å². The molecule has 0 aliphatic rings. The number of quaternary nitrogens is 1. The first-order valence-electron chi connectivity index (χ1n) is 21.2. The molecule has 8 nitrogen and oxygen atoms in total. The van der Waals surface area contributed by atoms with Crippen molar-refractivity contribution in [2.75, 3.05) is 41.0 Å². The Morgan fingerprint density at radius 1 is 0.544 bits per heavy atom. The Balaban J connectivity index is 4.54. The highest BCUT2D eigenvalue weighted by Crippen LogP contribution is 2.12. The van der Waals surface area contributed by atoms with Crippen molar-refractivity contribution in [3.63, 3.8) is 0 Å². The lowest BCUT2D eigenvalue weighted by Crippen LogP contribution is -2.50. The number of hydrogen-bond acceptors (Lipinski definition) is 6. The molecule has 0 saturated carbocycles. The van der Waals surface area contributed by atoms with Crippen molar-refractivity contribution in [2.24, 2.45) is 0 Å². The fraction of sp³-hybridized carbons (Fsp3) is 0.531. The summed E-state index contributed by atoms with van der Waals surface area (Å²) in [5.74, 6) is -1.58. The SMILES string of the molecule is CC/C=C/C=C/C=C/C=C/C=C/C=C/C=C/CCCCCC(=O)OCC(COCCC(C(=O)O)[N+](C)(C)C)OC(=O)CCCCCC/C=C/C/C=C/C/C=C/CC. The van der Waals surface area contributed by atoms with Crippen LogP contribution in [-0.2, 0) is 28.6 Å². The van der Waals surface area contributed by atoms with E-state index in [1.807, 2.05) is 94.1 Å². The number of aliphatic carboxylic acids is 1. The lowest BCUT2D eigenvalue weighted by Gasteiger charge is -2.31. The molecule has 0 aromatic carbocycles. The van der Waals surface area contributed by atoms with Gasteiger partial charge in [0.1, 0.15) is 6.61 Å². The predicted octanol–water partition coefficient (Wildman–Crippen LogP) is 11.5. The second-order valence-corrected chi connectivity index (χ2v) is 14.7. The van der Waals surface area contributed by atoms with Crippen LogP contribution in [0.4, 0.5) is 0 Å². The molecule has 0 amide bonds. The van der Waals surface area contributed by atoms with E-state index in [0.29, 0.717) is 12.8 Å². The van der Waals surface area contributed by atoms with Crippen LogP contribution in [0.15, 0.2) is 122 Å². The van der Waals surface area contributed by atoms with Crippen LogP contribution in [0.2, 0.25) is 0 Å². The Hall–Kier alpha value is -4.27. The van der Waals surface area contributed by atoms with Gasteiger partial charge in [-0.25, -0.2) is 4.79 Å². The Kier molecular flexibility index (Phi) is 35.7. The summed E-state index contributed by atoms with van der Waals surface area (Å²) in [4.78, 5) is 36.9. The molecule has 0 aromatic heterocycles. The summed E-state index contributed by atoms with van der Waals surface area (Å²) in [6, 6.07) is -0.634. The summed E-state index contributed by atoms with van der Waals surface area (Å²) in [6.07, 6.45) is 53.8. The van der Waals surface area contributed by atoms with Crippen molar-refractivity contribution in [3.05, 3.63) is 122 Å². The maximum Gasteiger partial charge on any atom is 0.362 e. The zero-order chi connectivity index (χ0) is 42.1. The minimum absolute atomic E-state index is 0.0271. The van der Waals surface area contributed by atoms with Crippen molar-refractivity contribution in [1.82, 2.24) is 0 Å². The highest BCUT2D eigenvalue weighted by molar-refractivity contribution is 5.72. The first-order valence-corrected chi connectivity index (χ1v) is 21.2. The molecule has 0 aromatic rings. The number of carboxylic acids is 1. The van der Waals surface area contributed by atoms with Crippen LogP contribution in [0.3, 0.4) is 0 Å². The van der Waals surface area contributed by atoms with E-state index in [-0.39, 0.29) is 49.1 Å². The van der Waals surface area contributed by atoms with E-state index >= 15 is 0 Å². The van der Waals surface area contributed by atoms with Gasteiger partial charge in [0, 0.05) is 19.3 Å². The zero-order valence-electron chi connectivity index (χ0n) is 36.0. The van der Waals surface area contributed by atoms with Gasteiger partial charge in [-0.05, 0) is 64.2 Å². The van der Waals surface area contributed by atoms with E-state index in [9.17, 15) is 19.5 Å². The van der Waals surface area contributed by atoms with Gasteiger partial charge in [0.15, 0.2) is 12.1 Å². The number of ether oxygens (including phenoxy) is 3. The highest BCUT2D eigenvalue weighted by Gasteiger charge is 2.31. The average molecular weight is 791 g/mol. The number of carboxylic acid groups (broad SMARTS) is 1. The number of esters is 2. The summed E-state index contributed by atoms with van der Waals surface area (Å²) >= 11 is 0. The van der Waals surface area contributed by atoms with Gasteiger partial charge in [-0.1, -0.05) is 155 Å². The lowest BCUT2D eigenvalue weighted by molar-refractivity contribution is -0.887. The van der Waals surface area contributed by atoms with Crippen molar-refractivity contribution in [2.45, 2.75) is 129 Å². The summed E-state index contributed by atoms with van der Waals surface area (Å²) in [5, 5.41) is 9.61. The van der Waals surface area contributed by atoms with Gasteiger partial charge in [0.05, 0.1) is 34.4 Å². The quantitative estimate of drug-likeness (QED) is 0.0224. The maximum atomic E-state index is 12.7. The lowest BCUT2D eigenvalue weighted by atomic mass is 10.1. The summed E-state index contributed by atoms with van der Waals surface area (Å²) in [6.45, 7) is 4.36. The molecule has 0 fully saturated rings. The Morgan fingerprint density at radius 2 is 1.02 bits per heavy atom. The van der Waals surface area contributed by atoms with E-state index in [1.54, 1.807) is 0 Å². The van der Waals surface area contributed by atoms with E-state index in [1.165, 1.54) is 0 Å². The normalized spacial score (nSPS) is 14.2. The molecule has 0 bridgehead atoms. The number of allylic oxidation sites excluding steroid dienone is 20. The molecule has 0 heterocycles. The number of nitrogens with zero attached hydrogens (tertiary/aromatic N) is 1. The first kappa shape index (κ1) is 52.7. The fourth-order valence-electron chi connectivity index (χ4n) is 5.32. The smallest absolute Gasteiger partial charge is 0.362 e. The van der Waals surface area contributed by atoms with Gasteiger partial charge < -0.3 is 23.8 Å². The number of carbonyl (C=O) groups excluding carboxylic acids is 2. The molecule has 2 atom stereocenters. The van der Waals surface area contributed by atoms with Crippen molar-refractivity contribution in [1.29, 1.82) is 0 Å². The third-order valence-corrected chi connectivity index (χ3v) is 8.55. The molecule has 0 aliphatic heterocycles. The first-order chi connectivity index (χ1) is 27.6. The van der Waals surface area contributed by atoms with Crippen LogP contribution in [0.5, 0.6) is 0 Å². The third kappa shape index (κ3) is 37.1. The highest BCUT2D eigenvalue weighted by atomic mass is 16.6. The number of carbonyl (C=O) groups is 3. The number of unbranched alkanes of at least 4 members (excludes halogenated alkanes) is 7. The number of hydrogen-bond donors (Lipinski definition) is 1. The van der Waals surface area contributed by atoms with Crippen LogP contribution in [0.1, 0.15) is 117 Å².